The van der Waals surface area contributed by atoms with Crippen LogP contribution in [0.1, 0.15) is 40.7 Å². The summed E-state index contributed by atoms with van der Waals surface area (Å²) in [6, 6.07) is 8.52. The number of ether oxygens (including phenoxy) is 1. The Labute approximate surface area is 183 Å². The Balaban J connectivity index is 1.59. The van der Waals surface area contributed by atoms with Crippen molar-refractivity contribution in [2.75, 3.05) is 25.1 Å². The van der Waals surface area contributed by atoms with Crippen LogP contribution in [0.3, 0.4) is 0 Å². The minimum atomic E-state index is -1.33. The molecule has 1 aromatic carbocycles. The first-order chi connectivity index (χ1) is 15.4. The van der Waals surface area contributed by atoms with Crippen molar-refractivity contribution in [1.82, 2.24) is 9.55 Å². The minimum Gasteiger partial charge on any atom is -0.496 e. The molecule has 0 unspecified atom stereocenters. The fraction of sp³-hybridized carbons (Fsp3) is 0.348. The fourth-order valence-electron chi connectivity index (χ4n) is 4.55. The largest absolute Gasteiger partial charge is 0.496 e. The number of anilines is 1. The van der Waals surface area contributed by atoms with Crippen LogP contribution in [-0.2, 0) is 0 Å². The standard InChI is InChI=1S/C23H23FN4O4/c1-32-19-5-3-2-4-13(19)15-9-27(11-18(15)25)22-17(24)8-14-20(29)16(23(30)31)10-28(12-6-7-12)21(14)26-22/h2-5,8,10,12,15,18H,6-7,9,11,25H2,1H3,(H,30,31)/t15-,18-/m0/s1. The lowest BCUT2D eigenvalue weighted by Gasteiger charge is -2.20. The third kappa shape index (κ3) is 3.29. The Morgan fingerprint density at radius 3 is 2.72 bits per heavy atom. The Kier molecular flexibility index (Phi) is 4.85. The normalized spacial score (nSPS) is 20.7. The lowest BCUT2D eigenvalue weighted by Crippen LogP contribution is -2.29. The van der Waals surface area contributed by atoms with Gasteiger partial charge < -0.3 is 25.0 Å². The average molecular weight is 438 g/mol. The number of pyridine rings is 2. The number of hydrogen-bond acceptors (Lipinski definition) is 6. The van der Waals surface area contributed by atoms with Crippen LogP contribution in [0.4, 0.5) is 10.2 Å². The summed E-state index contributed by atoms with van der Waals surface area (Å²) in [6.07, 6.45) is 3.04. The molecule has 0 amide bonds. The predicted molar refractivity (Wildman–Crippen MR) is 117 cm³/mol. The quantitative estimate of drug-likeness (QED) is 0.630. The number of para-hydroxylation sites is 1. The van der Waals surface area contributed by atoms with Crippen molar-refractivity contribution in [3.63, 3.8) is 0 Å². The Morgan fingerprint density at radius 1 is 1.28 bits per heavy atom. The molecule has 2 fully saturated rings. The smallest absolute Gasteiger partial charge is 0.341 e. The van der Waals surface area contributed by atoms with Gasteiger partial charge in [0.05, 0.1) is 12.5 Å². The van der Waals surface area contributed by atoms with Crippen molar-refractivity contribution in [3.8, 4) is 5.75 Å². The monoisotopic (exact) mass is 438 g/mol. The minimum absolute atomic E-state index is 0.0252. The lowest BCUT2D eigenvalue weighted by atomic mass is 9.94. The van der Waals surface area contributed by atoms with Gasteiger partial charge in [0.2, 0.25) is 5.43 Å². The Hall–Kier alpha value is -3.46. The number of benzene rings is 1. The SMILES string of the molecule is COc1ccccc1[C@@H]1CN(c2nc3c(cc2F)c(=O)c(C(=O)O)cn3C2CC2)C[C@@H]1N. The molecular formula is C23H23FN4O4. The molecule has 5 rings (SSSR count). The molecule has 1 aliphatic carbocycles. The first kappa shape index (κ1) is 20.4. The Morgan fingerprint density at radius 2 is 2.03 bits per heavy atom. The second-order valence-corrected chi connectivity index (χ2v) is 8.40. The van der Waals surface area contributed by atoms with E-state index < -0.39 is 17.2 Å². The van der Waals surface area contributed by atoms with Gasteiger partial charge in [-0.05, 0) is 25.0 Å². The first-order valence-electron chi connectivity index (χ1n) is 10.5. The number of carbonyl (C=O) groups is 1. The zero-order valence-electron chi connectivity index (χ0n) is 17.5. The Bertz CT molecular complexity index is 1290. The lowest BCUT2D eigenvalue weighted by molar-refractivity contribution is 0.0695. The van der Waals surface area contributed by atoms with E-state index >= 15 is 4.39 Å². The molecule has 3 aromatic rings. The summed E-state index contributed by atoms with van der Waals surface area (Å²) in [6.45, 7) is 0.830. The molecule has 2 aromatic heterocycles. The fourth-order valence-corrected chi connectivity index (χ4v) is 4.55. The van der Waals surface area contributed by atoms with Crippen LogP contribution in [0.25, 0.3) is 11.0 Å². The summed E-state index contributed by atoms with van der Waals surface area (Å²) in [4.78, 5) is 30.5. The van der Waals surface area contributed by atoms with Crippen molar-refractivity contribution in [2.24, 2.45) is 5.73 Å². The first-order valence-corrected chi connectivity index (χ1v) is 10.5. The van der Waals surface area contributed by atoms with E-state index in [0.29, 0.717) is 18.7 Å². The summed E-state index contributed by atoms with van der Waals surface area (Å²) >= 11 is 0. The number of halogens is 1. The third-order valence-corrected chi connectivity index (χ3v) is 6.31. The van der Waals surface area contributed by atoms with Gasteiger partial charge in [-0.1, -0.05) is 18.2 Å². The zero-order valence-corrected chi connectivity index (χ0v) is 17.5. The van der Waals surface area contributed by atoms with E-state index in [9.17, 15) is 14.7 Å². The van der Waals surface area contributed by atoms with E-state index in [2.05, 4.69) is 4.98 Å². The van der Waals surface area contributed by atoms with Crippen LogP contribution in [0, 0.1) is 5.82 Å². The summed E-state index contributed by atoms with van der Waals surface area (Å²) in [7, 11) is 1.60. The number of carboxylic acid groups (broad SMARTS) is 1. The molecule has 0 radical (unpaired) electrons. The maximum absolute atomic E-state index is 15.2. The van der Waals surface area contributed by atoms with E-state index in [1.807, 2.05) is 24.3 Å². The number of fused-ring (bicyclic) bond motifs is 1. The molecule has 3 heterocycles. The average Bonchev–Trinajstić information content (AvgIpc) is 3.55. The number of aromatic nitrogens is 2. The number of rotatable bonds is 5. The molecular weight excluding hydrogens is 415 g/mol. The molecule has 9 heteroatoms. The molecule has 8 nitrogen and oxygen atoms in total. The third-order valence-electron chi connectivity index (χ3n) is 6.31. The molecule has 1 aliphatic heterocycles. The van der Waals surface area contributed by atoms with Crippen molar-refractivity contribution >= 4 is 22.8 Å². The van der Waals surface area contributed by atoms with Crippen LogP contribution in [-0.4, -0.2) is 46.9 Å². The van der Waals surface area contributed by atoms with Crippen molar-refractivity contribution in [3.05, 3.63) is 63.7 Å². The van der Waals surface area contributed by atoms with Crippen LogP contribution < -0.4 is 20.8 Å². The highest BCUT2D eigenvalue weighted by molar-refractivity contribution is 5.92. The van der Waals surface area contributed by atoms with E-state index in [1.165, 1.54) is 6.20 Å². The molecule has 1 saturated heterocycles. The summed E-state index contributed by atoms with van der Waals surface area (Å²) < 4.78 is 22.3. The van der Waals surface area contributed by atoms with Gasteiger partial charge in [-0.3, -0.25) is 4.79 Å². The highest BCUT2D eigenvalue weighted by atomic mass is 19.1. The highest BCUT2D eigenvalue weighted by Gasteiger charge is 2.36. The van der Waals surface area contributed by atoms with Gasteiger partial charge in [0.1, 0.15) is 17.0 Å². The topological polar surface area (TPSA) is 111 Å². The van der Waals surface area contributed by atoms with Gasteiger partial charge in [-0.25, -0.2) is 14.2 Å². The van der Waals surface area contributed by atoms with E-state index in [4.69, 9.17) is 10.5 Å². The van der Waals surface area contributed by atoms with Crippen LogP contribution in [0.2, 0.25) is 0 Å². The van der Waals surface area contributed by atoms with E-state index in [0.717, 1.165) is 30.2 Å². The summed E-state index contributed by atoms with van der Waals surface area (Å²) in [5.74, 6) is -1.25. The molecule has 166 valence electrons. The molecule has 2 aliphatic rings. The van der Waals surface area contributed by atoms with Gasteiger partial charge in [0, 0.05) is 42.9 Å². The van der Waals surface area contributed by atoms with Gasteiger partial charge in [0.25, 0.3) is 0 Å². The number of aromatic carboxylic acids is 1. The zero-order chi connectivity index (χ0) is 22.6. The van der Waals surface area contributed by atoms with Gasteiger partial charge in [0.15, 0.2) is 11.6 Å². The molecule has 1 saturated carbocycles. The van der Waals surface area contributed by atoms with E-state index in [1.54, 1.807) is 16.6 Å². The van der Waals surface area contributed by atoms with Crippen molar-refractivity contribution < 1.29 is 19.0 Å². The van der Waals surface area contributed by atoms with Crippen molar-refractivity contribution in [1.29, 1.82) is 0 Å². The van der Waals surface area contributed by atoms with E-state index in [-0.39, 0.29) is 34.8 Å². The van der Waals surface area contributed by atoms with Gasteiger partial charge in [-0.15, -0.1) is 0 Å². The number of nitrogens with two attached hydrogens (primary N) is 1. The second kappa shape index (κ2) is 7.59. The number of nitrogens with zero attached hydrogens (tertiary/aromatic N) is 3. The van der Waals surface area contributed by atoms with Crippen LogP contribution in [0.15, 0.2) is 41.3 Å². The number of carboxylic acids is 1. The molecule has 3 N–H and O–H groups in total. The maximum atomic E-state index is 15.2. The maximum Gasteiger partial charge on any atom is 0.341 e. The van der Waals surface area contributed by atoms with Crippen LogP contribution in [0.5, 0.6) is 5.75 Å². The van der Waals surface area contributed by atoms with Crippen LogP contribution >= 0.6 is 0 Å². The van der Waals surface area contributed by atoms with Gasteiger partial charge in [-0.2, -0.15) is 0 Å². The molecule has 2 atom stereocenters. The molecule has 32 heavy (non-hydrogen) atoms. The summed E-state index contributed by atoms with van der Waals surface area (Å²) in [5, 5.41) is 9.37. The molecule has 0 bridgehead atoms. The number of methoxy groups -OCH3 is 1. The second-order valence-electron chi connectivity index (χ2n) is 8.40. The highest BCUT2D eigenvalue weighted by Crippen LogP contribution is 2.38. The predicted octanol–water partition coefficient (Wildman–Crippen LogP) is 2.51. The van der Waals surface area contributed by atoms with Crippen molar-refractivity contribution in [2.45, 2.75) is 30.8 Å². The van der Waals surface area contributed by atoms with Gasteiger partial charge >= 0.3 is 5.97 Å². The molecule has 0 spiro atoms. The number of hydrogen-bond donors (Lipinski definition) is 2. The summed E-state index contributed by atoms with van der Waals surface area (Å²) in [5.41, 5.74) is 6.57.